The number of aryl methyl sites for hydroxylation is 1. The van der Waals surface area contributed by atoms with E-state index in [0.717, 1.165) is 31.3 Å². The number of hydrogen-bond donors (Lipinski definition) is 0. The molecule has 122 valence electrons. The molecule has 0 saturated carbocycles. The summed E-state index contributed by atoms with van der Waals surface area (Å²) in [6.07, 6.45) is 2.00. The first-order valence-corrected chi connectivity index (χ1v) is 9.09. The van der Waals surface area contributed by atoms with Crippen LogP contribution in [-0.2, 0) is 11.2 Å². The summed E-state index contributed by atoms with van der Waals surface area (Å²) in [6.45, 7) is 7.33. The van der Waals surface area contributed by atoms with E-state index in [2.05, 4.69) is 40.2 Å². The molecule has 2 atom stereocenters. The highest BCUT2D eigenvalue weighted by atomic mass is 79.9. The Morgan fingerprint density at radius 3 is 2.45 bits per heavy atom. The molecule has 1 fully saturated rings. The second-order valence-electron chi connectivity index (χ2n) is 7.08. The SMILES string of the molecule is CC(C)(C)OC(=O)N1C[C@@H](CBr)[C@H](CCc2ccccc2)C1. The third-order valence-corrected chi connectivity index (χ3v) is 4.90. The van der Waals surface area contributed by atoms with Crippen LogP contribution in [0.2, 0.25) is 0 Å². The van der Waals surface area contributed by atoms with E-state index >= 15 is 0 Å². The molecule has 22 heavy (non-hydrogen) atoms. The molecule has 0 spiro atoms. The fraction of sp³-hybridized carbons (Fsp3) is 0.611. The highest BCUT2D eigenvalue weighted by Crippen LogP contribution is 2.30. The molecule has 0 aliphatic carbocycles. The lowest BCUT2D eigenvalue weighted by atomic mass is 9.91. The zero-order chi connectivity index (χ0) is 16.2. The normalized spacial score (nSPS) is 21.9. The van der Waals surface area contributed by atoms with Crippen LogP contribution in [-0.4, -0.2) is 35.0 Å². The number of hydrogen-bond acceptors (Lipinski definition) is 2. The van der Waals surface area contributed by atoms with Crippen LogP contribution in [0.3, 0.4) is 0 Å². The summed E-state index contributed by atoms with van der Waals surface area (Å²) in [4.78, 5) is 14.1. The minimum absolute atomic E-state index is 0.180. The van der Waals surface area contributed by atoms with Gasteiger partial charge in [0.15, 0.2) is 0 Å². The van der Waals surface area contributed by atoms with Gasteiger partial charge >= 0.3 is 6.09 Å². The lowest BCUT2D eigenvalue weighted by molar-refractivity contribution is 0.0284. The number of ether oxygens (including phenoxy) is 1. The van der Waals surface area contributed by atoms with Gasteiger partial charge in [-0.2, -0.15) is 0 Å². The summed E-state index contributed by atoms with van der Waals surface area (Å²) >= 11 is 3.60. The van der Waals surface area contributed by atoms with Gasteiger partial charge in [-0.25, -0.2) is 4.79 Å². The quantitative estimate of drug-likeness (QED) is 0.733. The maximum atomic E-state index is 12.2. The van der Waals surface area contributed by atoms with E-state index in [1.165, 1.54) is 5.56 Å². The van der Waals surface area contributed by atoms with Crippen molar-refractivity contribution in [3.05, 3.63) is 35.9 Å². The fourth-order valence-electron chi connectivity index (χ4n) is 2.91. The molecule has 1 heterocycles. The number of nitrogens with zero attached hydrogens (tertiary/aromatic N) is 1. The topological polar surface area (TPSA) is 29.5 Å². The van der Waals surface area contributed by atoms with Crippen molar-refractivity contribution in [2.24, 2.45) is 11.8 Å². The van der Waals surface area contributed by atoms with Gasteiger partial charge in [0.1, 0.15) is 5.60 Å². The first-order valence-electron chi connectivity index (χ1n) is 7.97. The van der Waals surface area contributed by atoms with Gasteiger partial charge in [-0.15, -0.1) is 0 Å². The number of benzene rings is 1. The molecule has 1 aliphatic heterocycles. The first kappa shape index (κ1) is 17.3. The van der Waals surface area contributed by atoms with E-state index in [0.29, 0.717) is 11.8 Å². The van der Waals surface area contributed by atoms with E-state index < -0.39 is 5.60 Å². The Labute approximate surface area is 142 Å². The van der Waals surface area contributed by atoms with E-state index in [-0.39, 0.29) is 6.09 Å². The Morgan fingerprint density at radius 1 is 1.23 bits per heavy atom. The molecule has 1 aromatic carbocycles. The second-order valence-corrected chi connectivity index (χ2v) is 7.73. The number of carbonyl (C=O) groups is 1. The average Bonchev–Trinajstić information content (AvgIpc) is 2.88. The van der Waals surface area contributed by atoms with Crippen molar-refractivity contribution in [3.8, 4) is 0 Å². The van der Waals surface area contributed by atoms with Gasteiger partial charge in [-0.05, 0) is 51.0 Å². The zero-order valence-electron chi connectivity index (χ0n) is 13.7. The molecule has 0 N–H and O–H groups in total. The molecule has 0 bridgehead atoms. The Morgan fingerprint density at radius 2 is 1.86 bits per heavy atom. The molecule has 3 nitrogen and oxygen atoms in total. The Balaban J connectivity index is 1.90. The number of alkyl halides is 1. The van der Waals surface area contributed by atoms with Crippen molar-refractivity contribution in [2.45, 2.75) is 39.2 Å². The third-order valence-electron chi connectivity index (χ3n) is 4.07. The van der Waals surface area contributed by atoms with Crippen LogP contribution in [0.4, 0.5) is 4.79 Å². The van der Waals surface area contributed by atoms with Crippen LogP contribution in [0, 0.1) is 11.8 Å². The van der Waals surface area contributed by atoms with Crippen molar-refractivity contribution in [1.82, 2.24) is 4.90 Å². The maximum Gasteiger partial charge on any atom is 0.410 e. The zero-order valence-corrected chi connectivity index (χ0v) is 15.3. The number of rotatable bonds is 4. The Kier molecular flexibility index (Phi) is 5.90. The van der Waals surface area contributed by atoms with Crippen molar-refractivity contribution in [3.63, 3.8) is 0 Å². The summed E-state index contributed by atoms with van der Waals surface area (Å²) in [6, 6.07) is 10.6. The Bertz CT molecular complexity index is 484. The van der Waals surface area contributed by atoms with Gasteiger partial charge in [0.25, 0.3) is 0 Å². The predicted molar refractivity (Wildman–Crippen MR) is 93.3 cm³/mol. The van der Waals surface area contributed by atoms with Crippen LogP contribution < -0.4 is 0 Å². The smallest absolute Gasteiger partial charge is 0.410 e. The molecule has 0 unspecified atom stereocenters. The van der Waals surface area contributed by atoms with E-state index in [4.69, 9.17) is 4.74 Å². The molecule has 1 saturated heterocycles. The largest absolute Gasteiger partial charge is 0.444 e. The second kappa shape index (κ2) is 7.49. The number of amides is 1. The third kappa shape index (κ3) is 5.01. The highest BCUT2D eigenvalue weighted by molar-refractivity contribution is 9.09. The fourth-order valence-corrected chi connectivity index (χ4v) is 3.65. The summed E-state index contributed by atoms with van der Waals surface area (Å²) < 4.78 is 5.50. The van der Waals surface area contributed by atoms with Gasteiger partial charge in [0.05, 0.1) is 0 Å². The standard InChI is InChI=1S/C18H26BrNO2/c1-18(2,3)22-17(21)20-12-15(16(11-19)13-20)10-9-14-7-5-4-6-8-14/h4-8,15-16H,9-13H2,1-3H3/t15-,16-/m1/s1. The summed E-state index contributed by atoms with van der Waals surface area (Å²) in [7, 11) is 0. The van der Waals surface area contributed by atoms with Crippen molar-refractivity contribution in [1.29, 1.82) is 0 Å². The molecule has 1 aromatic rings. The number of carbonyl (C=O) groups excluding carboxylic acids is 1. The minimum Gasteiger partial charge on any atom is -0.444 e. The van der Waals surface area contributed by atoms with E-state index in [1.54, 1.807) is 0 Å². The van der Waals surface area contributed by atoms with Crippen LogP contribution >= 0.6 is 15.9 Å². The van der Waals surface area contributed by atoms with Crippen LogP contribution in [0.15, 0.2) is 30.3 Å². The van der Waals surface area contributed by atoms with Crippen LogP contribution in [0.5, 0.6) is 0 Å². The lowest BCUT2D eigenvalue weighted by Gasteiger charge is -2.24. The van der Waals surface area contributed by atoms with E-state index in [1.807, 2.05) is 31.7 Å². The molecule has 4 heteroatoms. The van der Waals surface area contributed by atoms with Crippen molar-refractivity contribution >= 4 is 22.0 Å². The van der Waals surface area contributed by atoms with Crippen LogP contribution in [0.25, 0.3) is 0 Å². The van der Waals surface area contributed by atoms with Gasteiger partial charge < -0.3 is 9.64 Å². The summed E-state index contributed by atoms with van der Waals surface area (Å²) in [5.74, 6) is 1.04. The molecule has 2 rings (SSSR count). The highest BCUT2D eigenvalue weighted by Gasteiger charge is 2.36. The summed E-state index contributed by atoms with van der Waals surface area (Å²) in [5.41, 5.74) is 0.940. The summed E-state index contributed by atoms with van der Waals surface area (Å²) in [5, 5.41) is 0.936. The lowest BCUT2D eigenvalue weighted by Crippen LogP contribution is -2.35. The van der Waals surface area contributed by atoms with Crippen molar-refractivity contribution in [2.75, 3.05) is 18.4 Å². The predicted octanol–water partition coefficient (Wildman–Crippen LogP) is 4.50. The van der Waals surface area contributed by atoms with Gasteiger partial charge in [-0.3, -0.25) is 0 Å². The average molecular weight is 368 g/mol. The maximum absolute atomic E-state index is 12.2. The first-order chi connectivity index (χ1) is 10.4. The number of halogens is 1. The van der Waals surface area contributed by atoms with Crippen LogP contribution in [0.1, 0.15) is 32.8 Å². The van der Waals surface area contributed by atoms with Gasteiger partial charge in [0, 0.05) is 18.4 Å². The molecule has 0 radical (unpaired) electrons. The molecule has 1 amide bonds. The number of likely N-dealkylation sites (tertiary alicyclic amines) is 1. The molecule has 0 aromatic heterocycles. The Hall–Kier alpha value is -1.03. The van der Waals surface area contributed by atoms with Gasteiger partial charge in [0.2, 0.25) is 0 Å². The molecular formula is C18H26BrNO2. The molecular weight excluding hydrogens is 342 g/mol. The van der Waals surface area contributed by atoms with Gasteiger partial charge in [-0.1, -0.05) is 46.3 Å². The molecule has 1 aliphatic rings. The monoisotopic (exact) mass is 367 g/mol. The minimum atomic E-state index is -0.427. The van der Waals surface area contributed by atoms with E-state index in [9.17, 15) is 4.79 Å². The van der Waals surface area contributed by atoms with Crippen molar-refractivity contribution < 1.29 is 9.53 Å².